The van der Waals surface area contributed by atoms with Crippen LogP contribution in [0.2, 0.25) is 0 Å². The Balaban J connectivity index is 2.26. The molecule has 0 saturated heterocycles. The van der Waals surface area contributed by atoms with Gasteiger partial charge in [-0.3, -0.25) is 0 Å². The molecule has 0 amide bonds. The molecule has 2 rings (SSSR count). The first kappa shape index (κ1) is 16.1. The van der Waals surface area contributed by atoms with Gasteiger partial charge in [-0.2, -0.15) is 0 Å². The van der Waals surface area contributed by atoms with Crippen molar-refractivity contribution in [2.45, 2.75) is 10.6 Å². The van der Waals surface area contributed by atoms with Gasteiger partial charge in [0.15, 0.2) is 5.71 Å². The van der Waals surface area contributed by atoms with Crippen LogP contribution < -0.4 is 0 Å². The van der Waals surface area contributed by atoms with Crippen LogP contribution in [0.4, 0.5) is 0 Å². The van der Waals surface area contributed by atoms with E-state index >= 15 is 0 Å². The molecule has 0 N–H and O–H groups in total. The van der Waals surface area contributed by atoms with Gasteiger partial charge < -0.3 is 9.57 Å². The molecular formula is C17H17NO3S. The average molecular weight is 315 g/mol. The molecule has 114 valence electrons. The van der Waals surface area contributed by atoms with Crippen molar-refractivity contribution >= 4 is 23.4 Å². The van der Waals surface area contributed by atoms with Crippen molar-refractivity contribution in [3.63, 3.8) is 0 Å². The lowest BCUT2D eigenvalue weighted by Crippen LogP contribution is -2.19. The number of hydrogen-bond donors (Lipinski definition) is 0. The summed E-state index contributed by atoms with van der Waals surface area (Å²) in [6.07, 6.45) is 0. The van der Waals surface area contributed by atoms with Gasteiger partial charge in [0.1, 0.15) is 7.11 Å². The number of esters is 1. The van der Waals surface area contributed by atoms with Crippen molar-refractivity contribution in [1.82, 2.24) is 0 Å². The van der Waals surface area contributed by atoms with E-state index in [-0.39, 0.29) is 5.71 Å². The summed E-state index contributed by atoms with van der Waals surface area (Å²) in [5.74, 6) is 0.207. The molecule has 0 saturated carbocycles. The molecule has 0 unspecified atom stereocenters. The molecule has 0 fully saturated rings. The molecule has 2 aromatic rings. The van der Waals surface area contributed by atoms with E-state index in [4.69, 9.17) is 9.57 Å². The molecule has 0 radical (unpaired) electrons. The lowest BCUT2D eigenvalue weighted by Gasteiger charge is -2.10. The van der Waals surface area contributed by atoms with Crippen molar-refractivity contribution in [2.24, 2.45) is 5.16 Å². The average Bonchev–Trinajstić information content (AvgIpc) is 2.58. The number of ether oxygens (including phenoxy) is 1. The summed E-state index contributed by atoms with van der Waals surface area (Å²) in [6, 6.07) is 17.7. The Morgan fingerprint density at radius 2 is 1.73 bits per heavy atom. The van der Waals surface area contributed by atoms with Crippen LogP contribution in [0.25, 0.3) is 0 Å². The van der Waals surface area contributed by atoms with Gasteiger partial charge in [0.05, 0.1) is 7.11 Å². The fourth-order valence-corrected chi connectivity index (χ4v) is 2.86. The maximum atomic E-state index is 11.9. The second-order valence-corrected chi connectivity index (χ2v) is 5.42. The predicted molar refractivity (Wildman–Crippen MR) is 88.0 cm³/mol. The molecule has 0 heterocycles. The largest absolute Gasteiger partial charge is 0.464 e. The molecule has 22 heavy (non-hydrogen) atoms. The lowest BCUT2D eigenvalue weighted by atomic mass is 10.0. The number of carbonyl (C=O) groups is 1. The van der Waals surface area contributed by atoms with Gasteiger partial charge in [-0.25, -0.2) is 4.79 Å². The number of benzene rings is 2. The van der Waals surface area contributed by atoms with Gasteiger partial charge >= 0.3 is 5.97 Å². The van der Waals surface area contributed by atoms with Crippen molar-refractivity contribution < 1.29 is 14.4 Å². The van der Waals surface area contributed by atoms with Gasteiger partial charge in [-0.15, -0.1) is 11.8 Å². The Morgan fingerprint density at radius 1 is 1.05 bits per heavy atom. The Labute approximate surface area is 134 Å². The summed E-state index contributed by atoms with van der Waals surface area (Å²) in [5, 5.41) is 3.81. The Bertz CT molecular complexity index is 656. The highest BCUT2D eigenvalue weighted by atomic mass is 32.2. The van der Waals surface area contributed by atoms with Gasteiger partial charge in [-0.05, 0) is 17.7 Å². The zero-order valence-electron chi connectivity index (χ0n) is 12.5. The van der Waals surface area contributed by atoms with Crippen LogP contribution in [0.5, 0.6) is 0 Å². The number of methoxy groups -OCH3 is 1. The SMILES string of the molecule is CO/N=C(/C(=O)OC)c1ccccc1CSc1ccccc1. The number of rotatable bonds is 6. The third-order valence-corrected chi connectivity index (χ3v) is 4.03. The molecule has 0 aromatic heterocycles. The van der Waals surface area contributed by atoms with Crippen LogP contribution in [0.3, 0.4) is 0 Å². The summed E-state index contributed by atoms with van der Waals surface area (Å²) < 4.78 is 4.78. The van der Waals surface area contributed by atoms with Gasteiger partial charge in [0.25, 0.3) is 0 Å². The third-order valence-electron chi connectivity index (χ3n) is 2.97. The first-order chi connectivity index (χ1) is 10.8. The highest BCUT2D eigenvalue weighted by molar-refractivity contribution is 7.98. The smallest absolute Gasteiger partial charge is 0.360 e. The molecule has 4 nitrogen and oxygen atoms in total. The summed E-state index contributed by atoms with van der Waals surface area (Å²) in [5.41, 5.74) is 1.89. The summed E-state index contributed by atoms with van der Waals surface area (Å²) in [6.45, 7) is 0. The van der Waals surface area contributed by atoms with E-state index in [9.17, 15) is 4.79 Å². The molecule has 0 spiro atoms. The summed E-state index contributed by atoms with van der Waals surface area (Å²) in [7, 11) is 2.74. The fourth-order valence-electron chi connectivity index (χ4n) is 1.94. The number of nitrogens with zero attached hydrogens (tertiary/aromatic N) is 1. The van der Waals surface area contributed by atoms with Crippen LogP contribution in [0.15, 0.2) is 64.6 Å². The molecule has 5 heteroatoms. The van der Waals surface area contributed by atoms with Crippen molar-refractivity contribution in [2.75, 3.05) is 14.2 Å². The fraction of sp³-hybridized carbons (Fsp3) is 0.176. The predicted octanol–water partition coefficient (Wildman–Crippen LogP) is 3.50. The molecular weight excluding hydrogens is 298 g/mol. The van der Waals surface area contributed by atoms with E-state index in [1.165, 1.54) is 19.1 Å². The highest BCUT2D eigenvalue weighted by Gasteiger charge is 2.18. The quantitative estimate of drug-likeness (QED) is 0.354. The van der Waals surface area contributed by atoms with E-state index in [0.29, 0.717) is 0 Å². The third kappa shape index (κ3) is 4.11. The zero-order chi connectivity index (χ0) is 15.8. The van der Waals surface area contributed by atoms with Crippen LogP contribution in [-0.4, -0.2) is 25.9 Å². The molecule has 0 aliphatic heterocycles. The van der Waals surface area contributed by atoms with E-state index in [0.717, 1.165) is 16.9 Å². The van der Waals surface area contributed by atoms with Crippen molar-refractivity contribution in [3.8, 4) is 0 Å². The lowest BCUT2D eigenvalue weighted by molar-refractivity contribution is -0.132. The maximum absolute atomic E-state index is 11.9. The Kier molecular flexibility index (Phi) is 6.03. The van der Waals surface area contributed by atoms with Crippen molar-refractivity contribution in [1.29, 1.82) is 0 Å². The molecule has 0 aliphatic rings. The van der Waals surface area contributed by atoms with Crippen LogP contribution in [0, 0.1) is 0 Å². The minimum Gasteiger partial charge on any atom is -0.464 e. The summed E-state index contributed by atoms with van der Waals surface area (Å²) in [4.78, 5) is 17.8. The molecule has 0 bridgehead atoms. The number of thioether (sulfide) groups is 1. The standard InChI is InChI=1S/C17H17NO3S/c1-20-17(19)16(18-21-2)15-11-7-6-8-13(15)12-22-14-9-4-3-5-10-14/h3-11H,12H2,1-2H3/b18-16+. The van der Waals surface area contributed by atoms with Gasteiger partial charge in [0.2, 0.25) is 0 Å². The second kappa shape index (κ2) is 8.24. The Morgan fingerprint density at radius 3 is 2.41 bits per heavy atom. The second-order valence-electron chi connectivity index (χ2n) is 4.37. The van der Waals surface area contributed by atoms with Crippen molar-refractivity contribution in [3.05, 3.63) is 65.7 Å². The van der Waals surface area contributed by atoms with Gasteiger partial charge in [-0.1, -0.05) is 47.6 Å². The van der Waals surface area contributed by atoms with E-state index in [1.807, 2.05) is 42.5 Å². The molecule has 0 atom stereocenters. The minimum atomic E-state index is -0.515. The summed E-state index contributed by atoms with van der Waals surface area (Å²) >= 11 is 1.69. The first-order valence-corrected chi connectivity index (χ1v) is 7.70. The van der Waals surface area contributed by atoms with E-state index < -0.39 is 5.97 Å². The van der Waals surface area contributed by atoms with Crippen LogP contribution in [0.1, 0.15) is 11.1 Å². The van der Waals surface area contributed by atoms with Crippen LogP contribution >= 0.6 is 11.8 Å². The highest BCUT2D eigenvalue weighted by Crippen LogP contribution is 2.24. The van der Waals surface area contributed by atoms with E-state index in [2.05, 4.69) is 17.3 Å². The normalized spacial score (nSPS) is 11.1. The van der Waals surface area contributed by atoms with Gasteiger partial charge in [0, 0.05) is 16.2 Å². The number of oxime groups is 1. The minimum absolute atomic E-state index is 0.175. The molecule has 0 aliphatic carbocycles. The first-order valence-electron chi connectivity index (χ1n) is 6.72. The topological polar surface area (TPSA) is 47.9 Å². The maximum Gasteiger partial charge on any atom is 0.360 e. The Hall–Kier alpha value is -2.27. The van der Waals surface area contributed by atoms with Crippen LogP contribution in [-0.2, 0) is 20.1 Å². The number of hydrogen-bond acceptors (Lipinski definition) is 5. The van der Waals surface area contributed by atoms with E-state index in [1.54, 1.807) is 11.8 Å². The zero-order valence-corrected chi connectivity index (χ0v) is 13.3. The molecule has 2 aromatic carbocycles. The number of carbonyl (C=O) groups excluding carboxylic acids is 1. The monoisotopic (exact) mass is 315 g/mol.